The van der Waals surface area contributed by atoms with Crippen molar-refractivity contribution >= 4 is 5.84 Å². The standard InChI is InChI=1S/C58H68N4O/c1-37-25-29-43(30-26-37)62-51-24-14-13-23-48(51)54-52(62)33-32-47-49-35-42(28-34-53(49)63-55(47)54)46-31-27-41(45-22-12-11-21-44(45)38-15-5-2-6-16-38)36-50(46)58-60-56(39-17-7-3-8-18-39)59-57(61-58)40-19-9-4-10-20-40/h3,5,7-9,12-17,19-20,22,25,27-29,31-34,36-37,39,42-51,53,55,57-58,61H,2,4,6,10-11,18,21,23-24,26,30,35H2,1H3,(H,59,60)/t37-,39?,42?,43?,44?,45?,46?,47?,48?,49?,50?,51?,53?,55?,57?,58?/m1/s1. The summed E-state index contributed by atoms with van der Waals surface area (Å²) in [5.74, 6) is 5.42. The number of aliphatic imine (C=N–C) groups is 1. The molecule has 1 saturated heterocycles. The summed E-state index contributed by atoms with van der Waals surface area (Å²) >= 11 is 0. The highest BCUT2D eigenvalue weighted by Crippen LogP contribution is 2.55. The molecule has 0 spiro atoms. The Morgan fingerprint density at radius 1 is 0.667 bits per heavy atom. The van der Waals surface area contributed by atoms with Crippen molar-refractivity contribution in [3.8, 4) is 0 Å². The fourth-order valence-corrected chi connectivity index (χ4v) is 14.0. The van der Waals surface area contributed by atoms with Crippen LogP contribution in [0.15, 0.2) is 173 Å². The zero-order valence-corrected chi connectivity index (χ0v) is 37.3. The number of nitrogens with one attached hydrogen (secondary N) is 2. The molecule has 5 nitrogen and oxygen atoms in total. The monoisotopic (exact) mass is 837 g/mol. The van der Waals surface area contributed by atoms with E-state index in [4.69, 9.17) is 9.73 Å². The van der Waals surface area contributed by atoms with Crippen LogP contribution in [0.4, 0.5) is 0 Å². The van der Waals surface area contributed by atoms with Gasteiger partial charge in [0.25, 0.3) is 0 Å². The molecule has 0 bridgehead atoms. The SMILES string of the molecule is C[C@@H]1C=CC(N2C3=C(C4CC=CCC42)C2OC4C=CC(C5C=CC(C6C=CCCC6C6=CCCC=C6)=CC5C5NC(C6C=CC=CC6)=NC(C6=CCCC=C6)N5)CC4C2C=C3)CC1. The van der Waals surface area contributed by atoms with E-state index in [-0.39, 0.29) is 36.4 Å². The van der Waals surface area contributed by atoms with Crippen LogP contribution >= 0.6 is 0 Å². The van der Waals surface area contributed by atoms with Gasteiger partial charge >= 0.3 is 0 Å². The van der Waals surface area contributed by atoms with Gasteiger partial charge < -0.3 is 15.0 Å². The Morgan fingerprint density at radius 2 is 1.54 bits per heavy atom. The first-order valence-corrected chi connectivity index (χ1v) is 25.3. The molecule has 326 valence electrons. The van der Waals surface area contributed by atoms with Gasteiger partial charge in [-0.15, -0.1) is 0 Å². The highest BCUT2D eigenvalue weighted by Gasteiger charge is 2.55. The maximum atomic E-state index is 7.31. The van der Waals surface area contributed by atoms with E-state index in [9.17, 15) is 0 Å². The van der Waals surface area contributed by atoms with Gasteiger partial charge in [-0.1, -0.05) is 141 Å². The van der Waals surface area contributed by atoms with Crippen molar-refractivity contribution in [2.45, 2.75) is 121 Å². The number of fused-ring (bicyclic) bond motifs is 6. The summed E-state index contributed by atoms with van der Waals surface area (Å²) in [4.78, 5) is 8.28. The van der Waals surface area contributed by atoms with Gasteiger partial charge in [0.15, 0.2) is 0 Å². The number of rotatable bonds is 7. The lowest BCUT2D eigenvalue weighted by atomic mass is 9.65. The van der Waals surface area contributed by atoms with Crippen LogP contribution in [-0.4, -0.2) is 47.4 Å². The second-order valence-electron chi connectivity index (χ2n) is 20.8. The third kappa shape index (κ3) is 7.43. The van der Waals surface area contributed by atoms with Gasteiger partial charge in [-0.05, 0) is 135 Å². The largest absolute Gasteiger partial charge is 0.366 e. The van der Waals surface area contributed by atoms with Crippen LogP contribution in [0.1, 0.15) is 84.0 Å². The van der Waals surface area contributed by atoms with Gasteiger partial charge in [0.2, 0.25) is 0 Å². The minimum Gasteiger partial charge on any atom is -0.366 e. The van der Waals surface area contributed by atoms with Crippen LogP contribution in [0.2, 0.25) is 0 Å². The molecular weight excluding hydrogens is 769 g/mol. The molecule has 0 aromatic rings. The van der Waals surface area contributed by atoms with E-state index in [0.717, 1.165) is 63.6 Å². The molecule has 12 aliphatic rings. The fraction of sp³-hybridized carbons (Fsp3) is 0.500. The number of amidine groups is 1. The predicted molar refractivity (Wildman–Crippen MR) is 258 cm³/mol. The first-order chi connectivity index (χ1) is 31.1. The molecule has 16 atom stereocenters. The molecule has 0 saturated carbocycles. The van der Waals surface area contributed by atoms with Crippen molar-refractivity contribution < 1.29 is 4.74 Å². The van der Waals surface area contributed by atoms with Gasteiger partial charge in [0, 0.05) is 47.4 Å². The van der Waals surface area contributed by atoms with Crippen LogP contribution in [0.3, 0.4) is 0 Å². The Kier molecular flexibility index (Phi) is 10.9. The summed E-state index contributed by atoms with van der Waals surface area (Å²) in [5.41, 5.74) is 7.45. The van der Waals surface area contributed by atoms with Gasteiger partial charge in [0.1, 0.15) is 12.0 Å². The van der Waals surface area contributed by atoms with Gasteiger partial charge in [-0.3, -0.25) is 5.32 Å². The van der Waals surface area contributed by atoms with Gasteiger partial charge in [-0.25, -0.2) is 4.99 Å². The molecule has 5 heteroatoms. The van der Waals surface area contributed by atoms with E-state index in [1.807, 2.05) is 0 Å². The van der Waals surface area contributed by atoms with Crippen molar-refractivity contribution in [3.63, 3.8) is 0 Å². The van der Waals surface area contributed by atoms with E-state index in [2.05, 4.69) is 162 Å². The smallest absolute Gasteiger partial charge is 0.128 e. The van der Waals surface area contributed by atoms with Crippen molar-refractivity contribution in [2.75, 3.05) is 0 Å². The second-order valence-corrected chi connectivity index (χ2v) is 20.8. The Hall–Kier alpha value is -4.45. The topological polar surface area (TPSA) is 48.9 Å². The van der Waals surface area contributed by atoms with Crippen LogP contribution in [0, 0.1) is 59.2 Å². The number of nitrogens with zero attached hydrogens (tertiary/aromatic N) is 2. The van der Waals surface area contributed by atoms with E-state index < -0.39 is 0 Å². The molecule has 63 heavy (non-hydrogen) atoms. The summed E-state index contributed by atoms with van der Waals surface area (Å²) in [6, 6.07) is 1.04. The Balaban J connectivity index is 0.864. The normalized spacial score (nSPS) is 43.2. The third-order valence-electron chi connectivity index (χ3n) is 17.2. The minimum absolute atomic E-state index is 0.0429. The first kappa shape index (κ1) is 40.1. The molecular formula is C58H68N4O. The number of ether oxygens (including phenoxy) is 1. The highest BCUT2D eigenvalue weighted by molar-refractivity contribution is 5.88. The van der Waals surface area contributed by atoms with Gasteiger partial charge in [-0.2, -0.15) is 0 Å². The summed E-state index contributed by atoms with van der Waals surface area (Å²) in [7, 11) is 0. The lowest BCUT2D eigenvalue weighted by Gasteiger charge is -2.44. The maximum Gasteiger partial charge on any atom is 0.128 e. The van der Waals surface area contributed by atoms with Crippen LogP contribution in [0.5, 0.6) is 0 Å². The van der Waals surface area contributed by atoms with Crippen molar-refractivity contribution in [1.29, 1.82) is 0 Å². The molecule has 0 aromatic heterocycles. The van der Waals surface area contributed by atoms with Gasteiger partial charge in [0.05, 0.1) is 18.4 Å². The summed E-state index contributed by atoms with van der Waals surface area (Å²) in [5, 5.41) is 8.25. The van der Waals surface area contributed by atoms with Crippen LogP contribution in [-0.2, 0) is 4.74 Å². The third-order valence-corrected chi connectivity index (χ3v) is 17.2. The van der Waals surface area contributed by atoms with E-state index in [1.54, 1.807) is 11.1 Å². The van der Waals surface area contributed by atoms with Crippen LogP contribution in [0.25, 0.3) is 0 Å². The van der Waals surface area contributed by atoms with E-state index in [1.165, 1.54) is 36.1 Å². The van der Waals surface area contributed by atoms with E-state index in [0.29, 0.717) is 59.4 Å². The Morgan fingerprint density at radius 3 is 2.37 bits per heavy atom. The summed E-state index contributed by atoms with van der Waals surface area (Å²) < 4.78 is 7.31. The molecule has 3 heterocycles. The van der Waals surface area contributed by atoms with Crippen molar-refractivity contribution in [2.24, 2.45) is 64.2 Å². The lowest BCUT2D eigenvalue weighted by molar-refractivity contribution is 0.0651. The first-order valence-electron chi connectivity index (χ1n) is 25.3. The molecule has 15 unspecified atom stereocenters. The molecule has 0 amide bonds. The number of allylic oxidation sites excluding steroid dienone is 18. The van der Waals surface area contributed by atoms with Crippen LogP contribution < -0.4 is 10.6 Å². The zero-order chi connectivity index (χ0) is 41.9. The quantitative estimate of drug-likeness (QED) is 0.251. The molecule has 0 radical (unpaired) electrons. The lowest BCUT2D eigenvalue weighted by Crippen LogP contribution is -2.60. The molecule has 2 N–H and O–H groups in total. The predicted octanol–water partition coefficient (Wildman–Crippen LogP) is 11.6. The highest BCUT2D eigenvalue weighted by atomic mass is 16.5. The number of hydrogen-bond donors (Lipinski definition) is 2. The van der Waals surface area contributed by atoms with E-state index >= 15 is 0 Å². The average molecular weight is 837 g/mol. The van der Waals surface area contributed by atoms with Crippen molar-refractivity contribution in [3.05, 3.63) is 168 Å². The summed E-state index contributed by atoms with van der Waals surface area (Å²) in [6.45, 7) is 2.37. The molecule has 0 aromatic carbocycles. The second kappa shape index (κ2) is 17.2. The molecule has 12 rings (SSSR count). The number of hydrogen-bond acceptors (Lipinski definition) is 5. The fourth-order valence-electron chi connectivity index (χ4n) is 14.0. The molecule has 3 aliphatic heterocycles. The Bertz CT molecular complexity index is 2280. The molecule has 9 aliphatic carbocycles. The maximum absolute atomic E-state index is 7.31. The van der Waals surface area contributed by atoms with Crippen molar-refractivity contribution in [1.82, 2.24) is 15.5 Å². The summed E-state index contributed by atoms with van der Waals surface area (Å²) in [6.07, 6.45) is 70.7. The Labute approximate surface area is 377 Å². The zero-order valence-electron chi connectivity index (χ0n) is 37.3. The minimum atomic E-state index is -0.0626. The molecule has 1 fully saturated rings. The average Bonchev–Trinajstić information content (AvgIpc) is 3.90.